The van der Waals surface area contributed by atoms with Crippen LogP contribution in [0.25, 0.3) is 0 Å². The van der Waals surface area contributed by atoms with Crippen molar-refractivity contribution in [2.45, 2.75) is 39.8 Å². The summed E-state index contributed by atoms with van der Waals surface area (Å²) in [6.45, 7) is 11.3. The Morgan fingerprint density at radius 2 is 2.04 bits per heavy atom. The second-order valence-electron chi connectivity index (χ2n) is 6.74. The number of nitrogens with one attached hydrogen (secondary N) is 2. The molecule has 0 saturated carbocycles. The topological polar surface area (TPSA) is 48.9 Å². The molecule has 2 N–H and O–H groups in total. The molecule has 0 spiro atoms. The van der Waals surface area contributed by atoms with E-state index in [1.807, 2.05) is 24.9 Å². The maximum absolute atomic E-state index is 13.8. The third kappa shape index (κ3) is 7.17. The molecule has 0 amide bonds. The number of benzene rings is 1. The molecule has 24 heavy (non-hydrogen) atoms. The number of guanidine groups is 1. The van der Waals surface area contributed by atoms with Crippen LogP contribution >= 0.6 is 0 Å². The van der Waals surface area contributed by atoms with Crippen molar-refractivity contribution >= 4 is 5.96 Å². The molecule has 0 heterocycles. The number of hydrogen-bond donors (Lipinski definition) is 2. The summed E-state index contributed by atoms with van der Waals surface area (Å²) in [6.07, 6.45) is 0. The molecule has 0 radical (unpaired) electrons. The van der Waals surface area contributed by atoms with E-state index in [0.717, 1.165) is 24.6 Å². The van der Waals surface area contributed by atoms with E-state index in [1.54, 1.807) is 6.07 Å². The minimum Gasteiger partial charge on any atom is -0.494 e. The summed E-state index contributed by atoms with van der Waals surface area (Å²) in [5, 5.41) is 6.68. The van der Waals surface area contributed by atoms with E-state index < -0.39 is 0 Å². The molecular weight excluding hydrogens is 307 g/mol. The van der Waals surface area contributed by atoms with Gasteiger partial charge in [-0.3, -0.25) is 4.99 Å². The third-order valence-electron chi connectivity index (χ3n) is 3.36. The third-order valence-corrected chi connectivity index (χ3v) is 3.36. The first-order valence-corrected chi connectivity index (χ1v) is 8.33. The van der Waals surface area contributed by atoms with Crippen molar-refractivity contribution in [3.05, 3.63) is 29.6 Å². The Bertz CT molecular complexity index is 540. The maximum atomic E-state index is 13.8. The molecule has 0 aromatic heterocycles. The van der Waals surface area contributed by atoms with Crippen LogP contribution in [0.5, 0.6) is 5.75 Å². The highest BCUT2D eigenvalue weighted by atomic mass is 19.1. The lowest BCUT2D eigenvalue weighted by molar-refractivity contribution is 0.385. The molecule has 1 rings (SSSR count). The molecule has 6 heteroatoms. The first kappa shape index (κ1) is 20.2. The van der Waals surface area contributed by atoms with Gasteiger partial charge in [0.15, 0.2) is 17.5 Å². The van der Waals surface area contributed by atoms with Gasteiger partial charge in [0, 0.05) is 32.2 Å². The predicted octanol–water partition coefficient (Wildman–Crippen LogP) is 2.62. The zero-order valence-electron chi connectivity index (χ0n) is 15.7. The highest BCUT2D eigenvalue weighted by molar-refractivity contribution is 5.79. The molecule has 0 unspecified atom stereocenters. The summed E-state index contributed by atoms with van der Waals surface area (Å²) in [5.41, 5.74) is 0.953. The van der Waals surface area contributed by atoms with Gasteiger partial charge in [0.25, 0.3) is 0 Å². The smallest absolute Gasteiger partial charge is 0.194 e. The molecule has 0 aliphatic carbocycles. The molecule has 0 atom stereocenters. The summed E-state index contributed by atoms with van der Waals surface area (Å²) >= 11 is 0. The lowest BCUT2D eigenvalue weighted by atomic mass is 10.1. The average molecular weight is 338 g/mol. The van der Waals surface area contributed by atoms with Gasteiger partial charge in [0.1, 0.15) is 0 Å². The second kappa shape index (κ2) is 9.47. The fraction of sp³-hybridized carbons (Fsp3) is 0.611. The van der Waals surface area contributed by atoms with Gasteiger partial charge >= 0.3 is 0 Å². The second-order valence-corrected chi connectivity index (χ2v) is 6.74. The highest BCUT2D eigenvalue weighted by Gasteiger charge is 2.10. The van der Waals surface area contributed by atoms with E-state index in [4.69, 9.17) is 4.74 Å². The van der Waals surface area contributed by atoms with Crippen molar-refractivity contribution in [2.75, 3.05) is 33.8 Å². The van der Waals surface area contributed by atoms with E-state index in [0.29, 0.717) is 13.1 Å². The van der Waals surface area contributed by atoms with E-state index in [-0.39, 0.29) is 17.1 Å². The first-order valence-electron chi connectivity index (χ1n) is 8.33. The number of methoxy groups -OCH3 is 1. The van der Waals surface area contributed by atoms with Gasteiger partial charge in [-0.2, -0.15) is 0 Å². The average Bonchev–Trinajstić information content (AvgIpc) is 2.49. The van der Waals surface area contributed by atoms with Crippen molar-refractivity contribution in [1.82, 2.24) is 15.5 Å². The van der Waals surface area contributed by atoms with Crippen LogP contribution in [0.1, 0.15) is 33.3 Å². The van der Waals surface area contributed by atoms with Crippen molar-refractivity contribution in [3.8, 4) is 5.75 Å². The van der Waals surface area contributed by atoms with Crippen LogP contribution in [0.4, 0.5) is 4.39 Å². The van der Waals surface area contributed by atoms with Crippen LogP contribution in [0, 0.1) is 5.82 Å². The molecule has 0 bridgehead atoms. The van der Waals surface area contributed by atoms with Crippen LogP contribution in [0.2, 0.25) is 0 Å². The van der Waals surface area contributed by atoms with E-state index in [1.165, 1.54) is 13.2 Å². The quantitative estimate of drug-likeness (QED) is 0.456. The van der Waals surface area contributed by atoms with Gasteiger partial charge in [0.05, 0.1) is 13.7 Å². The van der Waals surface area contributed by atoms with Gasteiger partial charge in [-0.15, -0.1) is 0 Å². The van der Waals surface area contributed by atoms with Crippen molar-refractivity contribution in [3.63, 3.8) is 0 Å². The van der Waals surface area contributed by atoms with Gasteiger partial charge in [0.2, 0.25) is 0 Å². The number of nitrogens with zero attached hydrogens (tertiary/aromatic N) is 2. The minimum atomic E-state index is -0.347. The summed E-state index contributed by atoms with van der Waals surface area (Å²) in [6, 6.07) is 5.01. The van der Waals surface area contributed by atoms with E-state index in [9.17, 15) is 4.39 Å². The number of ether oxygens (including phenoxy) is 1. The Kier molecular flexibility index (Phi) is 7.98. The Balaban J connectivity index is 2.68. The molecular formula is C18H31FN4O. The van der Waals surface area contributed by atoms with Gasteiger partial charge in [-0.05, 0) is 45.4 Å². The van der Waals surface area contributed by atoms with E-state index in [2.05, 4.69) is 36.4 Å². The summed E-state index contributed by atoms with van der Waals surface area (Å²) in [7, 11) is 3.41. The lowest BCUT2D eigenvalue weighted by Gasteiger charge is -2.23. The largest absolute Gasteiger partial charge is 0.494 e. The van der Waals surface area contributed by atoms with Crippen LogP contribution in [-0.4, -0.2) is 50.2 Å². The number of halogens is 1. The highest BCUT2D eigenvalue weighted by Crippen LogP contribution is 2.18. The summed E-state index contributed by atoms with van der Waals surface area (Å²) in [4.78, 5) is 6.61. The van der Waals surface area contributed by atoms with Crippen molar-refractivity contribution in [2.24, 2.45) is 4.99 Å². The summed E-state index contributed by atoms with van der Waals surface area (Å²) < 4.78 is 18.8. The van der Waals surface area contributed by atoms with Crippen LogP contribution in [-0.2, 0) is 6.54 Å². The van der Waals surface area contributed by atoms with Gasteiger partial charge in [-0.25, -0.2) is 4.39 Å². The Morgan fingerprint density at radius 3 is 2.58 bits per heavy atom. The molecule has 0 aliphatic rings. The Hall–Kier alpha value is -1.82. The number of rotatable bonds is 7. The Morgan fingerprint density at radius 1 is 1.33 bits per heavy atom. The normalized spacial score (nSPS) is 12.2. The predicted molar refractivity (Wildman–Crippen MR) is 98.2 cm³/mol. The maximum Gasteiger partial charge on any atom is 0.194 e. The number of hydrogen-bond acceptors (Lipinski definition) is 3. The molecule has 136 valence electrons. The summed E-state index contributed by atoms with van der Waals surface area (Å²) in [5.74, 6) is 0.722. The van der Waals surface area contributed by atoms with Gasteiger partial charge in [-0.1, -0.05) is 6.07 Å². The molecule has 0 fully saturated rings. The van der Waals surface area contributed by atoms with Crippen LogP contribution in [0.3, 0.4) is 0 Å². The Labute approximate surface area is 145 Å². The van der Waals surface area contributed by atoms with Crippen molar-refractivity contribution < 1.29 is 9.13 Å². The fourth-order valence-corrected chi connectivity index (χ4v) is 2.22. The standard InChI is InChI=1S/C18H31FN4O/c1-7-20-17(21-10-11-22-18(2,3)4)23(5)13-14-8-9-16(24-6)15(19)12-14/h8-9,12,22H,7,10-11,13H2,1-6H3,(H,20,21). The van der Waals surface area contributed by atoms with E-state index >= 15 is 0 Å². The lowest BCUT2D eigenvalue weighted by Crippen LogP contribution is -2.40. The fourth-order valence-electron chi connectivity index (χ4n) is 2.22. The molecule has 5 nitrogen and oxygen atoms in total. The minimum absolute atomic E-state index is 0.0837. The molecule has 1 aromatic rings. The van der Waals surface area contributed by atoms with Crippen LogP contribution in [0.15, 0.2) is 23.2 Å². The monoisotopic (exact) mass is 338 g/mol. The van der Waals surface area contributed by atoms with Crippen molar-refractivity contribution in [1.29, 1.82) is 0 Å². The molecule has 1 aromatic carbocycles. The number of aliphatic imine (C=N–C) groups is 1. The zero-order valence-corrected chi connectivity index (χ0v) is 15.7. The zero-order chi connectivity index (χ0) is 18.2. The first-order chi connectivity index (χ1) is 11.3. The van der Waals surface area contributed by atoms with Crippen LogP contribution < -0.4 is 15.4 Å². The van der Waals surface area contributed by atoms with Gasteiger partial charge < -0.3 is 20.3 Å². The molecule has 0 aliphatic heterocycles. The SMILES string of the molecule is CCNC(=NCCNC(C)(C)C)N(C)Cc1ccc(OC)c(F)c1. The molecule has 0 saturated heterocycles.